The third-order valence-electron chi connectivity index (χ3n) is 3.58. The first-order valence-electron chi connectivity index (χ1n) is 7.25. The first-order valence-corrected chi connectivity index (χ1v) is 7.63. The normalized spacial score (nSPS) is 12.8. The predicted molar refractivity (Wildman–Crippen MR) is 93.2 cm³/mol. The van der Waals surface area contributed by atoms with Crippen LogP contribution >= 0.6 is 11.6 Å². The maximum atomic E-state index is 10.9. The Labute approximate surface area is 143 Å². The number of hydrogen-bond donors (Lipinski definition) is 3. The van der Waals surface area contributed by atoms with Crippen molar-refractivity contribution in [3.05, 3.63) is 52.8 Å². The summed E-state index contributed by atoms with van der Waals surface area (Å²) in [5, 5.41) is 10.1. The van der Waals surface area contributed by atoms with Crippen LogP contribution in [0.15, 0.2) is 36.7 Å². The molecule has 3 rings (SSSR count). The zero-order valence-electron chi connectivity index (χ0n) is 12.8. The second-order valence-electron chi connectivity index (χ2n) is 5.34. The van der Waals surface area contributed by atoms with Crippen LogP contribution in [0.5, 0.6) is 0 Å². The van der Waals surface area contributed by atoms with E-state index in [0.29, 0.717) is 33.0 Å². The van der Waals surface area contributed by atoms with Gasteiger partial charge in [0, 0.05) is 28.4 Å². The number of nitrogens with zero attached hydrogens (tertiary/aromatic N) is 2. The van der Waals surface area contributed by atoms with E-state index in [1.54, 1.807) is 37.5 Å². The van der Waals surface area contributed by atoms with Gasteiger partial charge in [-0.05, 0) is 24.6 Å². The highest BCUT2D eigenvalue weighted by molar-refractivity contribution is 6.31. The van der Waals surface area contributed by atoms with Gasteiger partial charge < -0.3 is 15.8 Å². The molecule has 4 N–H and O–H groups in total. The van der Waals surface area contributed by atoms with Gasteiger partial charge in [-0.1, -0.05) is 23.7 Å². The van der Waals surface area contributed by atoms with Gasteiger partial charge in [0.05, 0.1) is 18.0 Å². The van der Waals surface area contributed by atoms with Gasteiger partial charge in [-0.15, -0.1) is 0 Å². The number of nitrogens with two attached hydrogens (primary N) is 1. The predicted octanol–water partition coefficient (Wildman–Crippen LogP) is 2.83. The third-order valence-corrected chi connectivity index (χ3v) is 3.91. The number of primary amides is 1. The fourth-order valence-electron chi connectivity index (χ4n) is 2.37. The average molecular weight is 343 g/mol. The molecule has 0 saturated heterocycles. The van der Waals surface area contributed by atoms with Crippen molar-refractivity contribution in [2.45, 2.75) is 13.0 Å². The summed E-state index contributed by atoms with van der Waals surface area (Å²) in [7, 11) is 0. The standard InChI is InChI=1S/C17H15ClN4O2/c1-9(23)12-4-2-10(6-13(12)18)14-8-21-17-16(22-14)11(7-20-17)3-5-15(19)24/h2-9,23H,1H3,(H2,19,24)(H,20,21)/t9-/m0/s1. The van der Waals surface area contributed by atoms with Crippen molar-refractivity contribution in [1.29, 1.82) is 0 Å². The van der Waals surface area contributed by atoms with Crippen molar-refractivity contribution in [3.63, 3.8) is 0 Å². The van der Waals surface area contributed by atoms with Crippen molar-refractivity contribution in [1.82, 2.24) is 15.0 Å². The number of rotatable bonds is 4. The van der Waals surface area contributed by atoms with E-state index < -0.39 is 12.0 Å². The van der Waals surface area contributed by atoms with Crippen molar-refractivity contribution < 1.29 is 9.90 Å². The lowest BCUT2D eigenvalue weighted by atomic mass is 10.1. The molecule has 122 valence electrons. The van der Waals surface area contributed by atoms with Crippen LogP contribution in [0, 0.1) is 0 Å². The lowest BCUT2D eigenvalue weighted by Crippen LogP contribution is -2.05. The van der Waals surface area contributed by atoms with E-state index in [-0.39, 0.29) is 0 Å². The maximum absolute atomic E-state index is 10.9. The third kappa shape index (κ3) is 3.15. The molecule has 0 fully saturated rings. The number of carbonyl (C=O) groups is 1. The number of halogens is 1. The molecule has 2 aromatic heterocycles. The molecule has 1 amide bonds. The summed E-state index contributed by atoms with van der Waals surface area (Å²) in [6.07, 6.45) is 5.55. The Bertz CT molecular complexity index is 947. The van der Waals surface area contributed by atoms with Gasteiger partial charge in [0.2, 0.25) is 5.91 Å². The zero-order valence-corrected chi connectivity index (χ0v) is 13.6. The average Bonchev–Trinajstić information content (AvgIpc) is 2.94. The van der Waals surface area contributed by atoms with Crippen molar-refractivity contribution in [2.24, 2.45) is 5.73 Å². The van der Waals surface area contributed by atoms with Crippen molar-refractivity contribution in [3.8, 4) is 11.3 Å². The Morgan fingerprint density at radius 1 is 1.46 bits per heavy atom. The first-order chi connectivity index (χ1) is 11.5. The molecule has 2 heterocycles. The molecule has 0 unspecified atom stereocenters. The summed E-state index contributed by atoms with van der Waals surface area (Å²) in [4.78, 5) is 22.8. The second-order valence-corrected chi connectivity index (χ2v) is 5.75. The summed E-state index contributed by atoms with van der Waals surface area (Å²) in [6, 6.07) is 5.33. The highest BCUT2D eigenvalue weighted by Gasteiger charge is 2.11. The van der Waals surface area contributed by atoms with Gasteiger partial charge in [0.1, 0.15) is 5.52 Å². The summed E-state index contributed by atoms with van der Waals surface area (Å²) >= 11 is 6.21. The number of aromatic amines is 1. The van der Waals surface area contributed by atoms with Crippen LogP contribution in [0.1, 0.15) is 24.2 Å². The first kappa shape index (κ1) is 16.2. The van der Waals surface area contributed by atoms with Gasteiger partial charge in [-0.2, -0.15) is 0 Å². The molecule has 0 aliphatic carbocycles. The Morgan fingerprint density at radius 3 is 2.92 bits per heavy atom. The molecule has 0 radical (unpaired) electrons. The smallest absolute Gasteiger partial charge is 0.241 e. The van der Waals surface area contributed by atoms with E-state index in [0.717, 1.165) is 5.56 Å². The van der Waals surface area contributed by atoms with Crippen molar-refractivity contribution >= 4 is 34.7 Å². The Kier molecular flexibility index (Phi) is 4.33. The Hall–Kier alpha value is -2.70. The molecule has 0 saturated carbocycles. The van der Waals surface area contributed by atoms with E-state index in [1.807, 2.05) is 6.07 Å². The van der Waals surface area contributed by atoms with E-state index in [9.17, 15) is 9.90 Å². The number of benzene rings is 1. The van der Waals surface area contributed by atoms with Gasteiger partial charge >= 0.3 is 0 Å². The summed E-state index contributed by atoms with van der Waals surface area (Å²) in [6.45, 7) is 1.66. The minimum atomic E-state index is -0.643. The van der Waals surface area contributed by atoms with E-state index in [2.05, 4.69) is 15.0 Å². The molecule has 24 heavy (non-hydrogen) atoms. The molecule has 0 bridgehead atoms. The zero-order chi connectivity index (χ0) is 17.3. The molecule has 0 spiro atoms. The fraction of sp³-hybridized carbons (Fsp3) is 0.118. The molecule has 0 aliphatic heterocycles. The minimum absolute atomic E-state index is 0.465. The van der Waals surface area contributed by atoms with Crippen LogP contribution < -0.4 is 5.73 Å². The second kappa shape index (κ2) is 6.43. The van der Waals surface area contributed by atoms with Crippen LogP contribution in [-0.4, -0.2) is 26.0 Å². The SMILES string of the molecule is C[C@H](O)c1ccc(-c2cnc3[nH]cc(C=CC(N)=O)c3n2)cc1Cl. The number of aliphatic hydroxyl groups excluding tert-OH is 1. The monoisotopic (exact) mass is 342 g/mol. The summed E-state index contributed by atoms with van der Waals surface area (Å²) in [5.74, 6) is -0.533. The molecular weight excluding hydrogens is 328 g/mol. The fourth-order valence-corrected chi connectivity index (χ4v) is 2.71. The minimum Gasteiger partial charge on any atom is -0.389 e. The van der Waals surface area contributed by atoms with Crippen LogP contribution in [0.3, 0.4) is 0 Å². The number of fused-ring (bicyclic) bond motifs is 1. The molecule has 7 heteroatoms. The number of amides is 1. The van der Waals surface area contributed by atoms with E-state index in [4.69, 9.17) is 17.3 Å². The topological polar surface area (TPSA) is 105 Å². The lowest BCUT2D eigenvalue weighted by molar-refractivity contribution is -0.113. The van der Waals surface area contributed by atoms with E-state index in [1.165, 1.54) is 6.08 Å². The highest BCUT2D eigenvalue weighted by Crippen LogP contribution is 2.29. The number of aliphatic hydroxyl groups is 1. The van der Waals surface area contributed by atoms with Crippen LogP contribution in [0.4, 0.5) is 0 Å². The van der Waals surface area contributed by atoms with Gasteiger partial charge in [-0.3, -0.25) is 4.79 Å². The Morgan fingerprint density at radius 2 is 2.25 bits per heavy atom. The van der Waals surface area contributed by atoms with Gasteiger partial charge in [0.25, 0.3) is 0 Å². The number of H-pyrrole nitrogens is 1. The number of carbonyl (C=O) groups excluding carboxylic acids is 1. The maximum Gasteiger partial charge on any atom is 0.241 e. The molecule has 6 nitrogen and oxygen atoms in total. The molecule has 1 aromatic carbocycles. The highest BCUT2D eigenvalue weighted by atomic mass is 35.5. The molecular formula is C17H15ClN4O2. The van der Waals surface area contributed by atoms with Crippen LogP contribution in [-0.2, 0) is 4.79 Å². The number of aromatic nitrogens is 3. The summed E-state index contributed by atoms with van der Waals surface area (Å²) in [5.41, 5.74) is 9.14. The quantitative estimate of drug-likeness (QED) is 0.634. The molecule has 0 aliphatic rings. The Balaban J connectivity index is 2.06. The van der Waals surface area contributed by atoms with Gasteiger partial charge in [-0.25, -0.2) is 9.97 Å². The lowest BCUT2D eigenvalue weighted by Gasteiger charge is -2.09. The van der Waals surface area contributed by atoms with Gasteiger partial charge in [0.15, 0.2) is 5.65 Å². The molecule has 1 atom stereocenters. The largest absolute Gasteiger partial charge is 0.389 e. The number of nitrogens with one attached hydrogen (secondary N) is 1. The molecule has 3 aromatic rings. The van der Waals surface area contributed by atoms with Crippen LogP contribution in [0.25, 0.3) is 28.5 Å². The summed E-state index contributed by atoms with van der Waals surface area (Å²) < 4.78 is 0. The van der Waals surface area contributed by atoms with Crippen LogP contribution in [0.2, 0.25) is 5.02 Å². The van der Waals surface area contributed by atoms with Crippen molar-refractivity contribution in [2.75, 3.05) is 0 Å². The van der Waals surface area contributed by atoms with E-state index >= 15 is 0 Å². The number of hydrogen-bond acceptors (Lipinski definition) is 4.